The zero-order chi connectivity index (χ0) is 11.6. The normalized spacial score (nSPS) is 11.9. The molecule has 0 amide bonds. The van der Waals surface area contributed by atoms with Crippen molar-refractivity contribution >= 4 is 5.69 Å². The molecule has 1 aromatic carbocycles. The molecule has 0 aromatic heterocycles. The number of alkyl halides is 3. The number of hydrogen-bond acceptors (Lipinski definition) is 1. The topological polar surface area (TPSA) is 12.0 Å². The van der Waals surface area contributed by atoms with Gasteiger partial charge in [0.25, 0.3) is 0 Å². The molecule has 0 spiro atoms. The van der Waals surface area contributed by atoms with E-state index in [9.17, 15) is 13.2 Å². The molecule has 15 heavy (non-hydrogen) atoms. The van der Waals surface area contributed by atoms with Crippen LogP contribution in [-0.2, 0) is 6.18 Å². The third kappa shape index (κ3) is 3.15. The van der Waals surface area contributed by atoms with E-state index in [1.807, 2.05) is 13.8 Å². The van der Waals surface area contributed by atoms with E-state index in [1.54, 1.807) is 6.07 Å². The molecule has 0 unspecified atom stereocenters. The van der Waals surface area contributed by atoms with Crippen LogP contribution in [0.3, 0.4) is 0 Å². The van der Waals surface area contributed by atoms with Crippen LogP contribution >= 0.6 is 0 Å². The van der Waals surface area contributed by atoms with Crippen LogP contribution in [0.15, 0.2) is 18.2 Å². The highest BCUT2D eigenvalue weighted by Gasteiger charge is 2.32. The van der Waals surface area contributed by atoms with Gasteiger partial charge in [0.1, 0.15) is 0 Å². The van der Waals surface area contributed by atoms with E-state index in [4.69, 9.17) is 0 Å². The van der Waals surface area contributed by atoms with Gasteiger partial charge in [-0.05, 0) is 38.5 Å². The Kier molecular flexibility index (Phi) is 3.27. The summed E-state index contributed by atoms with van der Waals surface area (Å²) in [4.78, 5) is 0. The van der Waals surface area contributed by atoms with Crippen molar-refractivity contribution in [3.63, 3.8) is 0 Å². The van der Waals surface area contributed by atoms with Crippen LogP contribution in [0.2, 0.25) is 0 Å². The Balaban J connectivity index is 3.06. The molecule has 0 aliphatic rings. The minimum atomic E-state index is -4.28. The predicted octanol–water partition coefficient (Wildman–Crippen LogP) is 3.83. The third-order valence-electron chi connectivity index (χ3n) is 2.00. The van der Waals surface area contributed by atoms with Crippen LogP contribution in [0.1, 0.15) is 25.0 Å². The molecule has 1 nitrogen and oxygen atoms in total. The van der Waals surface area contributed by atoms with Gasteiger partial charge in [-0.25, -0.2) is 0 Å². The smallest absolute Gasteiger partial charge is 0.383 e. The lowest BCUT2D eigenvalue weighted by molar-refractivity contribution is -0.138. The highest BCUT2D eigenvalue weighted by Crippen LogP contribution is 2.33. The van der Waals surface area contributed by atoms with Crippen molar-refractivity contribution in [2.24, 2.45) is 0 Å². The second-order valence-electron chi connectivity index (χ2n) is 3.83. The van der Waals surface area contributed by atoms with E-state index in [0.717, 1.165) is 6.07 Å². The second-order valence-corrected chi connectivity index (χ2v) is 3.83. The number of aryl methyl sites for hydroxylation is 1. The lowest BCUT2D eigenvalue weighted by atomic mass is 10.1. The average molecular weight is 217 g/mol. The largest absolute Gasteiger partial charge is 0.416 e. The van der Waals surface area contributed by atoms with Gasteiger partial charge in [-0.3, -0.25) is 0 Å². The number of anilines is 1. The lowest BCUT2D eigenvalue weighted by Gasteiger charge is -2.14. The highest BCUT2D eigenvalue weighted by atomic mass is 19.4. The van der Waals surface area contributed by atoms with Crippen LogP contribution in [-0.4, -0.2) is 6.04 Å². The van der Waals surface area contributed by atoms with Crippen LogP contribution < -0.4 is 5.32 Å². The predicted molar refractivity (Wildman–Crippen MR) is 54.9 cm³/mol. The Morgan fingerprint density at radius 1 is 1.20 bits per heavy atom. The van der Waals surface area contributed by atoms with Gasteiger partial charge < -0.3 is 5.32 Å². The highest BCUT2D eigenvalue weighted by molar-refractivity contribution is 5.49. The minimum absolute atomic E-state index is 0.119. The molecule has 1 N–H and O–H groups in total. The standard InChI is InChI=1S/C11H14F3N/c1-7(2)15-9-5-4-8(3)10(6-9)11(12,13)14/h4-7,15H,1-3H3. The summed E-state index contributed by atoms with van der Waals surface area (Å²) < 4.78 is 37.6. The number of nitrogens with one attached hydrogen (secondary N) is 1. The van der Waals surface area contributed by atoms with E-state index in [2.05, 4.69) is 5.32 Å². The van der Waals surface area contributed by atoms with Gasteiger partial charge in [0, 0.05) is 11.7 Å². The van der Waals surface area contributed by atoms with E-state index in [0.29, 0.717) is 5.69 Å². The Morgan fingerprint density at radius 2 is 1.80 bits per heavy atom. The number of hydrogen-bond donors (Lipinski definition) is 1. The summed E-state index contributed by atoms with van der Waals surface area (Å²) in [7, 11) is 0. The zero-order valence-corrected chi connectivity index (χ0v) is 8.94. The number of rotatable bonds is 2. The van der Waals surface area contributed by atoms with Gasteiger partial charge in [-0.2, -0.15) is 13.2 Å². The first-order valence-corrected chi connectivity index (χ1v) is 4.75. The third-order valence-corrected chi connectivity index (χ3v) is 2.00. The molecule has 0 atom stereocenters. The molecular weight excluding hydrogens is 203 g/mol. The molecule has 0 aliphatic heterocycles. The van der Waals surface area contributed by atoms with Gasteiger partial charge in [-0.15, -0.1) is 0 Å². The van der Waals surface area contributed by atoms with Crippen molar-refractivity contribution in [3.8, 4) is 0 Å². The first-order chi connectivity index (χ1) is 6.80. The molecule has 0 aliphatic carbocycles. The maximum absolute atomic E-state index is 12.5. The summed E-state index contributed by atoms with van der Waals surface area (Å²) in [5.74, 6) is 0. The van der Waals surface area contributed by atoms with Crippen LogP contribution in [0.4, 0.5) is 18.9 Å². The molecule has 0 saturated heterocycles. The monoisotopic (exact) mass is 217 g/mol. The summed E-state index contributed by atoms with van der Waals surface area (Å²) >= 11 is 0. The fraction of sp³-hybridized carbons (Fsp3) is 0.455. The van der Waals surface area contributed by atoms with Crippen LogP contribution in [0, 0.1) is 6.92 Å². The molecule has 1 rings (SSSR count). The molecule has 0 bridgehead atoms. The van der Waals surface area contributed by atoms with Crippen LogP contribution in [0.25, 0.3) is 0 Å². The molecule has 1 aromatic rings. The molecule has 0 fully saturated rings. The van der Waals surface area contributed by atoms with Crippen molar-refractivity contribution in [2.75, 3.05) is 5.32 Å². The SMILES string of the molecule is Cc1ccc(NC(C)C)cc1C(F)(F)F. The molecule has 4 heteroatoms. The van der Waals surface area contributed by atoms with E-state index >= 15 is 0 Å². The zero-order valence-electron chi connectivity index (χ0n) is 8.94. The summed E-state index contributed by atoms with van der Waals surface area (Å²) in [6, 6.07) is 4.40. The summed E-state index contributed by atoms with van der Waals surface area (Å²) in [6.07, 6.45) is -4.28. The fourth-order valence-electron chi connectivity index (χ4n) is 1.35. The lowest BCUT2D eigenvalue weighted by Crippen LogP contribution is -2.12. The quantitative estimate of drug-likeness (QED) is 0.793. The van der Waals surface area contributed by atoms with Gasteiger partial charge in [-0.1, -0.05) is 6.07 Å². The summed E-state index contributed by atoms with van der Waals surface area (Å²) in [5.41, 5.74) is 0.174. The van der Waals surface area contributed by atoms with Gasteiger partial charge >= 0.3 is 6.18 Å². The Morgan fingerprint density at radius 3 is 2.27 bits per heavy atom. The molecule has 0 saturated carbocycles. The Hall–Kier alpha value is -1.19. The summed E-state index contributed by atoms with van der Waals surface area (Å²) in [5, 5.41) is 2.94. The van der Waals surface area contributed by atoms with Crippen molar-refractivity contribution in [1.82, 2.24) is 0 Å². The number of halogens is 3. The molecular formula is C11H14F3N. The maximum Gasteiger partial charge on any atom is 0.416 e. The van der Waals surface area contributed by atoms with Crippen molar-refractivity contribution in [3.05, 3.63) is 29.3 Å². The van der Waals surface area contributed by atoms with Crippen LogP contribution in [0.5, 0.6) is 0 Å². The van der Waals surface area contributed by atoms with Crippen molar-refractivity contribution in [2.45, 2.75) is 33.0 Å². The van der Waals surface area contributed by atoms with Gasteiger partial charge in [0.2, 0.25) is 0 Å². The Bertz CT molecular complexity index is 342. The van der Waals surface area contributed by atoms with Gasteiger partial charge in [0.05, 0.1) is 5.56 Å². The number of benzene rings is 1. The fourth-order valence-corrected chi connectivity index (χ4v) is 1.35. The van der Waals surface area contributed by atoms with E-state index in [1.165, 1.54) is 13.0 Å². The Labute approximate surface area is 87.3 Å². The average Bonchev–Trinajstić information content (AvgIpc) is 2.05. The minimum Gasteiger partial charge on any atom is -0.383 e. The van der Waals surface area contributed by atoms with Gasteiger partial charge in [0.15, 0.2) is 0 Å². The summed E-state index contributed by atoms with van der Waals surface area (Å²) in [6.45, 7) is 5.22. The van der Waals surface area contributed by atoms with E-state index < -0.39 is 11.7 Å². The maximum atomic E-state index is 12.5. The molecule has 0 radical (unpaired) electrons. The molecule has 84 valence electrons. The second kappa shape index (κ2) is 4.13. The first-order valence-electron chi connectivity index (χ1n) is 4.75. The first kappa shape index (κ1) is 11.9. The van der Waals surface area contributed by atoms with Crippen molar-refractivity contribution < 1.29 is 13.2 Å². The molecule has 0 heterocycles. The van der Waals surface area contributed by atoms with E-state index in [-0.39, 0.29) is 11.6 Å². The van der Waals surface area contributed by atoms with Crippen molar-refractivity contribution in [1.29, 1.82) is 0 Å².